The zero-order chi connectivity index (χ0) is 20.3. The molecule has 2 rings (SSSR count). The number of nitrogen functional groups attached to an aromatic ring is 1. The third-order valence-electron chi connectivity index (χ3n) is 4.18. The minimum atomic E-state index is -1.65. The third-order valence-corrected chi connectivity index (χ3v) is 4.18. The molecule has 0 aliphatic carbocycles. The molecule has 11 nitrogen and oxygen atoms in total. The molecule has 1 fully saturated rings. The molecular weight excluding hydrogens is 364 g/mol. The number of para-hydroxylation sites is 1. The van der Waals surface area contributed by atoms with Gasteiger partial charge in [-0.05, 0) is 12.1 Å². The highest BCUT2D eigenvalue weighted by Gasteiger charge is 2.44. The number of nitrogens with two attached hydrogens (primary N) is 2. The van der Waals surface area contributed by atoms with Crippen LogP contribution in [0.25, 0.3) is 0 Å². The Morgan fingerprint density at radius 3 is 2.44 bits per heavy atom. The van der Waals surface area contributed by atoms with Gasteiger partial charge in [-0.25, -0.2) is 0 Å². The van der Waals surface area contributed by atoms with Gasteiger partial charge in [-0.1, -0.05) is 6.07 Å². The molecule has 27 heavy (non-hydrogen) atoms. The number of carboxylic acids is 1. The van der Waals surface area contributed by atoms with E-state index in [0.29, 0.717) is 0 Å². The Morgan fingerprint density at radius 1 is 1.19 bits per heavy atom. The molecule has 150 valence electrons. The smallest absolute Gasteiger partial charge is 0.320 e. The molecule has 1 aromatic rings. The van der Waals surface area contributed by atoms with Crippen molar-refractivity contribution in [3.8, 4) is 5.75 Å². The maximum Gasteiger partial charge on any atom is 0.320 e. The molecule has 0 spiro atoms. The molecule has 0 unspecified atom stereocenters. The van der Waals surface area contributed by atoms with Crippen molar-refractivity contribution in [2.24, 2.45) is 5.73 Å². The van der Waals surface area contributed by atoms with E-state index in [1.54, 1.807) is 0 Å². The van der Waals surface area contributed by atoms with Gasteiger partial charge in [0, 0.05) is 12.0 Å². The first-order valence-electron chi connectivity index (χ1n) is 8.04. The summed E-state index contributed by atoms with van der Waals surface area (Å²) in [4.78, 5) is 23.0. The molecule has 0 saturated carbocycles. The molecule has 11 heteroatoms. The lowest BCUT2D eigenvalue weighted by molar-refractivity contribution is -0.277. The minimum Gasteiger partial charge on any atom is -0.480 e. The van der Waals surface area contributed by atoms with Crippen molar-refractivity contribution in [3.05, 3.63) is 23.8 Å². The average molecular weight is 386 g/mol. The number of aliphatic hydroxyl groups excluding tert-OH is 4. The maximum absolute atomic E-state index is 12.2. The molecule has 6 atom stereocenters. The number of carbonyl (C=O) groups excluding carboxylic acids is 1. The van der Waals surface area contributed by atoms with Crippen LogP contribution in [0.15, 0.2) is 18.2 Å². The number of aliphatic carboxylic acids is 1. The van der Waals surface area contributed by atoms with Gasteiger partial charge in [-0.2, -0.15) is 0 Å². The highest BCUT2D eigenvalue weighted by atomic mass is 16.7. The second-order valence-corrected chi connectivity index (χ2v) is 6.10. The summed E-state index contributed by atoms with van der Waals surface area (Å²) in [5.74, 6) is -2.04. The van der Waals surface area contributed by atoms with Gasteiger partial charge in [0.15, 0.2) is 5.78 Å². The van der Waals surface area contributed by atoms with E-state index in [2.05, 4.69) is 0 Å². The Bertz CT molecular complexity index is 696. The zero-order valence-electron chi connectivity index (χ0n) is 14.1. The number of aliphatic hydroxyl groups is 4. The summed E-state index contributed by atoms with van der Waals surface area (Å²) in [6, 6.07) is 2.73. The van der Waals surface area contributed by atoms with E-state index in [4.69, 9.17) is 26.0 Å². The first kappa shape index (κ1) is 21.0. The summed E-state index contributed by atoms with van der Waals surface area (Å²) in [7, 11) is 0. The van der Waals surface area contributed by atoms with E-state index < -0.39 is 61.5 Å². The molecule has 0 bridgehead atoms. The van der Waals surface area contributed by atoms with Crippen LogP contribution in [0.5, 0.6) is 5.75 Å². The number of ketones is 1. The SMILES string of the molecule is Nc1c(O[C@@H]2O[C@H](CO)[C@@H](O)[C@@H](O)[C@H]2O)cccc1C(=O)C[C@H](N)C(=O)O. The first-order chi connectivity index (χ1) is 12.7. The summed E-state index contributed by atoms with van der Waals surface area (Å²) in [6.07, 6.45) is -7.97. The fourth-order valence-corrected chi connectivity index (χ4v) is 2.58. The highest BCUT2D eigenvalue weighted by molar-refractivity contribution is 6.03. The number of hydrogen-bond donors (Lipinski definition) is 7. The fourth-order valence-electron chi connectivity index (χ4n) is 2.58. The van der Waals surface area contributed by atoms with E-state index in [0.717, 1.165) is 0 Å². The largest absolute Gasteiger partial charge is 0.480 e. The summed E-state index contributed by atoms with van der Waals surface area (Å²) < 4.78 is 10.6. The summed E-state index contributed by atoms with van der Waals surface area (Å²) in [5, 5.41) is 47.5. The Balaban J connectivity index is 2.20. The number of ether oxygens (including phenoxy) is 2. The van der Waals surface area contributed by atoms with Gasteiger partial charge in [0.25, 0.3) is 0 Å². The Labute approximate surface area is 153 Å². The highest BCUT2D eigenvalue weighted by Crippen LogP contribution is 2.30. The van der Waals surface area contributed by atoms with Gasteiger partial charge < -0.3 is 46.5 Å². The number of benzene rings is 1. The molecule has 1 aromatic carbocycles. The van der Waals surface area contributed by atoms with Gasteiger partial charge in [0.1, 0.15) is 36.2 Å². The first-order valence-corrected chi connectivity index (χ1v) is 8.04. The molecule has 1 saturated heterocycles. The van der Waals surface area contributed by atoms with Crippen LogP contribution in [-0.4, -0.2) is 80.6 Å². The third kappa shape index (κ3) is 4.53. The lowest BCUT2D eigenvalue weighted by Crippen LogP contribution is -2.60. The summed E-state index contributed by atoms with van der Waals surface area (Å²) >= 11 is 0. The maximum atomic E-state index is 12.2. The normalized spacial score (nSPS) is 29.1. The summed E-state index contributed by atoms with van der Waals surface area (Å²) in [6.45, 7) is -0.633. The van der Waals surface area contributed by atoms with E-state index >= 15 is 0 Å². The number of hydrogen-bond acceptors (Lipinski definition) is 10. The fraction of sp³-hybridized carbons (Fsp3) is 0.500. The van der Waals surface area contributed by atoms with Crippen molar-refractivity contribution < 1.29 is 44.6 Å². The van der Waals surface area contributed by atoms with Crippen molar-refractivity contribution in [1.29, 1.82) is 0 Å². The van der Waals surface area contributed by atoms with Crippen LogP contribution in [0, 0.1) is 0 Å². The molecular formula is C16H22N2O9. The number of anilines is 1. The molecule has 9 N–H and O–H groups in total. The number of Topliss-reactive ketones (excluding diaryl/α,β-unsaturated/α-hetero) is 1. The van der Waals surface area contributed by atoms with Gasteiger partial charge in [-0.3, -0.25) is 9.59 Å². The lowest BCUT2D eigenvalue weighted by atomic mass is 9.99. The van der Waals surface area contributed by atoms with Gasteiger partial charge >= 0.3 is 5.97 Å². The van der Waals surface area contributed by atoms with Crippen molar-refractivity contribution >= 4 is 17.4 Å². The van der Waals surface area contributed by atoms with Crippen molar-refractivity contribution in [2.75, 3.05) is 12.3 Å². The quantitative estimate of drug-likeness (QED) is 0.191. The monoisotopic (exact) mass is 386 g/mol. The molecule has 1 heterocycles. The predicted molar refractivity (Wildman–Crippen MR) is 89.8 cm³/mol. The van der Waals surface area contributed by atoms with Gasteiger partial charge in [0.2, 0.25) is 6.29 Å². The van der Waals surface area contributed by atoms with E-state index in [1.165, 1.54) is 18.2 Å². The van der Waals surface area contributed by atoms with Crippen LogP contribution in [0.1, 0.15) is 16.8 Å². The predicted octanol–water partition coefficient (Wildman–Crippen LogP) is -2.57. The Hall–Kier alpha value is -2.28. The summed E-state index contributed by atoms with van der Waals surface area (Å²) in [5.41, 5.74) is 11.1. The second kappa shape index (κ2) is 8.61. The van der Waals surface area contributed by atoms with E-state index in [1.807, 2.05) is 0 Å². The average Bonchev–Trinajstić information content (AvgIpc) is 2.63. The van der Waals surface area contributed by atoms with Gasteiger partial charge in [0.05, 0.1) is 12.3 Å². The molecule has 0 amide bonds. The van der Waals surface area contributed by atoms with Crippen molar-refractivity contribution in [3.63, 3.8) is 0 Å². The van der Waals surface area contributed by atoms with E-state index in [-0.39, 0.29) is 17.0 Å². The van der Waals surface area contributed by atoms with Crippen molar-refractivity contribution in [2.45, 2.75) is 43.2 Å². The van der Waals surface area contributed by atoms with Crippen LogP contribution in [0.4, 0.5) is 5.69 Å². The Kier molecular flexibility index (Phi) is 6.70. The number of carbonyl (C=O) groups is 2. The zero-order valence-corrected chi connectivity index (χ0v) is 14.1. The van der Waals surface area contributed by atoms with Crippen molar-refractivity contribution in [1.82, 2.24) is 0 Å². The second-order valence-electron chi connectivity index (χ2n) is 6.10. The van der Waals surface area contributed by atoms with Crippen LogP contribution >= 0.6 is 0 Å². The van der Waals surface area contributed by atoms with Crippen LogP contribution in [0.2, 0.25) is 0 Å². The molecule has 1 aliphatic heterocycles. The van der Waals surface area contributed by atoms with Crippen LogP contribution in [0.3, 0.4) is 0 Å². The topological polar surface area (TPSA) is 206 Å². The standard InChI is InChI=1S/C16H22N2O9/c17-7(15(24)25)4-8(20)6-2-1-3-9(11(6)18)26-16-14(23)13(22)12(21)10(5-19)27-16/h1-3,7,10,12-14,16,19,21-23H,4-5,17-18H2,(H,24,25)/t7-,10+,12+,13+,14+,16+/m0/s1. The van der Waals surface area contributed by atoms with E-state index in [9.17, 15) is 30.0 Å². The molecule has 1 aliphatic rings. The number of carboxylic acid groups (broad SMARTS) is 1. The van der Waals surface area contributed by atoms with Gasteiger partial charge in [-0.15, -0.1) is 0 Å². The Morgan fingerprint density at radius 2 is 1.85 bits per heavy atom. The molecule has 0 radical (unpaired) electrons. The number of rotatable bonds is 7. The van der Waals surface area contributed by atoms with Crippen LogP contribution in [-0.2, 0) is 9.53 Å². The van der Waals surface area contributed by atoms with Crippen LogP contribution < -0.4 is 16.2 Å². The minimum absolute atomic E-state index is 0.0335. The molecule has 0 aromatic heterocycles. The lowest BCUT2D eigenvalue weighted by Gasteiger charge is -2.39.